The van der Waals surface area contributed by atoms with Crippen molar-refractivity contribution in [2.45, 2.75) is 45.4 Å². The maximum Gasteiger partial charge on any atom is 0.224 e. The molecule has 1 aliphatic heterocycles. The van der Waals surface area contributed by atoms with E-state index in [1.54, 1.807) is 0 Å². The summed E-state index contributed by atoms with van der Waals surface area (Å²) in [5.41, 5.74) is 6.84. The van der Waals surface area contributed by atoms with E-state index in [1.165, 1.54) is 12.7 Å². The number of rotatable bonds is 6. The summed E-state index contributed by atoms with van der Waals surface area (Å²) in [6.45, 7) is 4.49. The summed E-state index contributed by atoms with van der Waals surface area (Å²) in [7, 11) is 0. The Morgan fingerprint density at radius 1 is 1.33 bits per heavy atom. The van der Waals surface area contributed by atoms with Crippen LogP contribution < -0.4 is 11.1 Å². The zero-order chi connectivity index (χ0) is 15.1. The van der Waals surface area contributed by atoms with Crippen molar-refractivity contribution in [1.82, 2.24) is 14.9 Å². The van der Waals surface area contributed by atoms with Crippen LogP contribution in [-0.4, -0.2) is 40.4 Å². The van der Waals surface area contributed by atoms with Crippen molar-refractivity contribution in [3.8, 4) is 0 Å². The van der Waals surface area contributed by atoms with Crippen molar-refractivity contribution >= 4 is 17.5 Å². The van der Waals surface area contributed by atoms with Gasteiger partial charge in [0.1, 0.15) is 18.0 Å². The van der Waals surface area contributed by atoms with Gasteiger partial charge in [-0.15, -0.1) is 0 Å². The van der Waals surface area contributed by atoms with Crippen molar-refractivity contribution in [2.24, 2.45) is 0 Å². The molecule has 2 heterocycles. The number of nitrogens with two attached hydrogens (primary N) is 1. The highest BCUT2D eigenvalue weighted by atomic mass is 16.2. The van der Waals surface area contributed by atoms with Gasteiger partial charge in [0.15, 0.2) is 0 Å². The quantitative estimate of drug-likeness (QED) is 0.835. The summed E-state index contributed by atoms with van der Waals surface area (Å²) in [5.74, 6) is 1.51. The Balaban J connectivity index is 1.85. The third kappa shape index (κ3) is 4.31. The number of amides is 1. The van der Waals surface area contributed by atoms with E-state index in [2.05, 4.69) is 22.2 Å². The molecule has 0 saturated carbocycles. The van der Waals surface area contributed by atoms with Crippen LogP contribution in [0.15, 0.2) is 6.33 Å². The predicted molar refractivity (Wildman–Crippen MR) is 84.0 cm³/mol. The monoisotopic (exact) mass is 291 g/mol. The van der Waals surface area contributed by atoms with Gasteiger partial charge in [0.25, 0.3) is 0 Å². The number of nitrogens with one attached hydrogen (secondary N) is 1. The number of nitrogen functional groups attached to an aromatic ring is 1. The van der Waals surface area contributed by atoms with Crippen LogP contribution >= 0.6 is 0 Å². The molecule has 21 heavy (non-hydrogen) atoms. The number of hydrogen-bond acceptors (Lipinski definition) is 5. The van der Waals surface area contributed by atoms with Gasteiger partial charge in [-0.1, -0.05) is 13.3 Å². The molecule has 0 bridgehead atoms. The Kier molecular flexibility index (Phi) is 5.78. The number of carbonyl (C=O) groups is 1. The van der Waals surface area contributed by atoms with Crippen LogP contribution in [0.4, 0.5) is 11.6 Å². The summed E-state index contributed by atoms with van der Waals surface area (Å²) in [6, 6.07) is 0. The third-order valence-corrected chi connectivity index (χ3v) is 3.82. The summed E-state index contributed by atoms with van der Waals surface area (Å²) in [5, 5.41) is 3.23. The van der Waals surface area contributed by atoms with Crippen molar-refractivity contribution in [1.29, 1.82) is 0 Å². The topological polar surface area (TPSA) is 84.1 Å². The van der Waals surface area contributed by atoms with E-state index in [0.29, 0.717) is 18.8 Å². The summed E-state index contributed by atoms with van der Waals surface area (Å²) < 4.78 is 0. The highest BCUT2D eigenvalue weighted by molar-refractivity contribution is 5.76. The van der Waals surface area contributed by atoms with E-state index in [4.69, 9.17) is 5.73 Å². The van der Waals surface area contributed by atoms with Crippen molar-refractivity contribution < 1.29 is 4.79 Å². The van der Waals surface area contributed by atoms with Gasteiger partial charge >= 0.3 is 0 Å². The first-order valence-corrected chi connectivity index (χ1v) is 7.83. The molecule has 1 saturated heterocycles. The van der Waals surface area contributed by atoms with Crippen LogP contribution in [0.5, 0.6) is 0 Å². The zero-order valence-corrected chi connectivity index (χ0v) is 12.8. The van der Waals surface area contributed by atoms with E-state index < -0.39 is 0 Å². The zero-order valence-electron chi connectivity index (χ0n) is 12.8. The van der Waals surface area contributed by atoms with E-state index in [1.807, 2.05) is 4.90 Å². The lowest BCUT2D eigenvalue weighted by Crippen LogP contribution is -2.36. The minimum atomic E-state index is 0.223. The molecule has 6 nitrogen and oxygen atoms in total. The smallest absolute Gasteiger partial charge is 0.224 e. The van der Waals surface area contributed by atoms with Gasteiger partial charge in [-0.3, -0.25) is 4.79 Å². The molecule has 1 fully saturated rings. The van der Waals surface area contributed by atoms with Gasteiger partial charge in [0, 0.05) is 31.6 Å². The molecule has 6 heteroatoms. The van der Waals surface area contributed by atoms with Crippen molar-refractivity contribution in [3.05, 3.63) is 11.9 Å². The average molecular weight is 291 g/mol. The van der Waals surface area contributed by atoms with Crippen LogP contribution in [0.2, 0.25) is 0 Å². The van der Waals surface area contributed by atoms with Gasteiger partial charge in [0.2, 0.25) is 5.91 Å². The normalized spacial score (nSPS) is 15.0. The number of anilines is 2. The number of piperidine rings is 1. The molecule has 0 aromatic carbocycles. The Morgan fingerprint density at radius 2 is 2.10 bits per heavy atom. The lowest BCUT2D eigenvalue weighted by atomic mass is 10.1. The van der Waals surface area contributed by atoms with Gasteiger partial charge < -0.3 is 16.0 Å². The van der Waals surface area contributed by atoms with Crippen LogP contribution in [-0.2, 0) is 11.2 Å². The molecule has 116 valence electrons. The van der Waals surface area contributed by atoms with Gasteiger partial charge in [-0.05, 0) is 25.7 Å². The second-order valence-electron chi connectivity index (χ2n) is 5.45. The number of carbonyl (C=O) groups excluding carboxylic acids is 1. The number of hydrogen-bond donors (Lipinski definition) is 2. The fraction of sp³-hybridized carbons (Fsp3) is 0.667. The average Bonchev–Trinajstić information content (AvgIpc) is 2.51. The van der Waals surface area contributed by atoms with E-state index >= 15 is 0 Å². The maximum atomic E-state index is 12.1. The standard InChI is InChI=1S/C15H25N5O/c1-2-6-12-14(16)18-11-19-15(12)17-8-7-13(21)20-9-4-3-5-10-20/h11H,2-10H2,1H3,(H3,16,17,18,19). The molecule has 1 aromatic heterocycles. The summed E-state index contributed by atoms with van der Waals surface area (Å²) >= 11 is 0. The molecule has 0 spiro atoms. The second-order valence-corrected chi connectivity index (χ2v) is 5.45. The highest BCUT2D eigenvalue weighted by Crippen LogP contribution is 2.19. The Bertz CT molecular complexity index is 471. The van der Waals surface area contributed by atoms with Crippen LogP contribution in [0, 0.1) is 0 Å². The fourth-order valence-corrected chi connectivity index (χ4v) is 2.66. The highest BCUT2D eigenvalue weighted by Gasteiger charge is 2.16. The SMILES string of the molecule is CCCc1c(N)ncnc1NCCC(=O)N1CCCCC1. The number of aromatic nitrogens is 2. The van der Waals surface area contributed by atoms with Gasteiger partial charge in [-0.25, -0.2) is 9.97 Å². The van der Waals surface area contributed by atoms with Crippen LogP contribution in [0.1, 0.15) is 44.6 Å². The lowest BCUT2D eigenvalue weighted by molar-refractivity contribution is -0.131. The van der Waals surface area contributed by atoms with E-state index in [0.717, 1.165) is 50.2 Å². The third-order valence-electron chi connectivity index (χ3n) is 3.82. The molecule has 0 radical (unpaired) electrons. The molecule has 2 rings (SSSR count). The minimum Gasteiger partial charge on any atom is -0.383 e. The van der Waals surface area contributed by atoms with Crippen LogP contribution in [0.25, 0.3) is 0 Å². The van der Waals surface area contributed by atoms with E-state index in [9.17, 15) is 4.79 Å². The maximum absolute atomic E-state index is 12.1. The van der Waals surface area contributed by atoms with Crippen LogP contribution in [0.3, 0.4) is 0 Å². The Hall–Kier alpha value is -1.85. The molecule has 0 atom stereocenters. The molecule has 1 aromatic rings. The summed E-state index contributed by atoms with van der Waals surface area (Å²) in [4.78, 5) is 22.3. The second kappa shape index (κ2) is 7.81. The first-order chi connectivity index (χ1) is 10.2. The Morgan fingerprint density at radius 3 is 2.81 bits per heavy atom. The number of nitrogens with zero attached hydrogens (tertiary/aromatic N) is 3. The van der Waals surface area contributed by atoms with E-state index in [-0.39, 0.29) is 5.91 Å². The molecular weight excluding hydrogens is 266 g/mol. The molecule has 0 unspecified atom stereocenters. The summed E-state index contributed by atoms with van der Waals surface area (Å²) in [6.07, 6.45) is 7.28. The molecular formula is C15H25N5O. The van der Waals surface area contributed by atoms with Crippen molar-refractivity contribution in [3.63, 3.8) is 0 Å². The largest absolute Gasteiger partial charge is 0.383 e. The molecule has 3 N–H and O–H groups in total. The first kappa shape index (κ1) is 15.5. The molecule has 1 amide bonds. The van der Waals surface area contributed by atoms with Crippen molar-refractivity contribution in [2.75, 3.05) is 30.7 Å². The molecule has 0 aliphatic carbocycles. The van der Waals surface area contributed by atoms with Gasteiger partial charge in [0.05, 0.1) is 0 Å². The molecule has 1 aliphatic rings. The van der Waals surface area contributed by atoms with Gasteiger partial charge in [-0.2, -0.15) is 0 Å². The fourth-order valence-electron chi connectivity index (χ4n) is 2.66. The number of likely N-dealkylation sites (tertiary alicyclic amines) is 1. The predicted octanol–water partition coefficient (Wildman–Crippen LogP) is 1.83. The first-order valence-electron chi connectivity index (χ1n) is 7.83. The Labute approximate surface area is 126 Å². The minimum absolute atomic E-state index is 0.223. The lowest BCUT2D eigenvalue weighted by Gasteiger charge is -2.26.